The second-order valence-electron chi connectivity index (χ2n) is 3.85. The van der Waals surface area contributed by atoms with E-state index in [1.807, 2.05) is 0 Å². The number of nitrogens with zero attached hydrogens (tertiary/aromatic N) is 2. The van der Waals surface area contributed by atoms with E-state index in [0.29, 0.717) is 0 Å². The number of fused-ring (bicyclic) bond motifs is 2. The van der Waals surface area contributed by atoms with Crippen molar-refractivity contribution in [2.45, 2.75) is 0 Å². The molecule has 0 fully saturated rings. The number of hydrogen-bond acceptors (Lipinski definition) is 6. The van der Waals surface area contributed by atoms with E-state index in [0.717, 1.165) is 44.9 Å². The second kappa shape index (κ2) is 4.35. The van der Waals surface area contributed by atoms with Gasteiger partial charge in [-0.05, 0) is 13.8 Å². The zero-order valence-corrected chi connectivity index (χ0v) is 11.5. The van der Waals surface area contributed by atoms with Gasteiger partial charge in [0.15, 0.2) is 0 Å². The predicted molar refractivity (Wildman–Crippen MR) is 79.6 cm³/mol. The van der Waals surface area contributed by atoms with Crippen LogP contribution in [0.3, 0.4) is 0 Å². The van der Waals surface area contributed by atoms with Crippen LogP contribution in [0.1, 0.15) is 0 Å². The molecule has 3 aromatic heterocycles. The lowest BCUT2D eigenvalue weighted by Crippen LogP contribution is -2.23. The van der Waals surface area contributed by atoms with Crippen LogP contribution in [0.5, 0.6) is 0 Å². The van der Waals surface area contributed by atoms with Crippen LogP contribution < -0.4 is 22.2 Å². The second-order valence-corrected chi connectivity index (χ2v) is 5.89. The molecule has 0 saturated heterocycles. The Morgan fingerprint density at radius 1 is 0.650 bits per heavy atom. The first-order valence-electron chi connectivity index (χ1n) is 5.36. The minimum atomic E-state index is -0.527. The van der Waals surface area contributed by atoms with Crippen molar-refractivity contribution in [3.63, 3.8) is 0 Å². The van der Waals surface area contributed by atoms with Gasteiger partial charge in [-0.15, -0.1) is 22.7 Å². The standard InChI is InChI=1S/C12H6N2O4S2/c1-3-13-9(15)5-6(10(13)16)20-8-7(19-5)11(17)14(4-2)12(8)18/h3-4H,1-2H2. The largest absolute Gasteiger partial charge is 0.272 e. The molecule has 0 saturated carbocycles. The molecule has 100 valence electrons. The molecule has 8 heteroatoms. The van der Waals surface area contributed by atoms with Gasteiger partial charge >= 0.3 is 0 Å². The summed E-state index contributed by atoms with van der Waals surface area (Å²) in [6.07, 6.45) is 0. The van der Waals surface area contributed by atoms with Gasteiger partial charge < -0.3 is 0 Å². The molecule has 3 heterocycles. The van der Waals surface area contributed by atoms with Gasteiger partial charge in [-0.1, -0.05) is 0 Å². The minimum absolute atomic E-state index is 0.158. The molecule has 0 bridgehead atoms. The van der Waals surface area contributed by atoms with Crippen LogP contribution in [0, 0.1) is 26.9 Å². The summed E-state index contributed by atoms with van der Waals surface area (Å²) < 4.78 is 2.37. The Hall–Kier alpha value is -1.80. The van der Waals surface area contributed by atoms with Gasteiger partial charge in [0.2, 0.25) is 0 Å². The van der Waals surface area contributed by atoms with Crippen LogP contribution in [0.25, 0.3) is 18.8 Å². The molecule has 20 heavy (non-hydrogen) atoms. The average molecular weight is 306 g/mol. The average Bonchev–Trinajstić information content (AvgIpc) is 2.82. The SMILES string of the molecule is [CH2][CH]n1c(=O)c2sc3c(=O)n([CH][CH2])c(=O)c3sc2c1=O. The Morgan fingerprint density at radius 2 is 0.900 bits per heavy atom. The molecule has 0 aliphatic heterocycles. The monoisotopic (exact) mass is 306 g/mol. The van der Waals surface area contributed by atoms with E-state index in [1.165, 1.54) is 0 Å². The Labute approximate surface area is 119 Å². The predicted octanol–water partition coefficient (Wildman–Crippen LogP) is 0.286. The molecule has 0 N–H and O–H groups in total. The van der Waals surface area contributed by atoms with Crippen LogP contribution in [-0.4, -0.2) is 9.13 Å². The maximum atomic E-state index is 12.0. The molecule has 3 aromatic rings. The summed E-state index contributed by atoms with van der Waals surface area (Å²) in [6.45, 7) is 9.04. The van der Waals surface area contributed by atoms with Gasteiger partial charge in [-0.3, -0.25) is 28.3 Å². The van der Waals surface area contributed by atoms with E-state index in [9.17, 15) is 19.2 Å². The van der Waals surface area contributed by atoms with Crippen molar-refractivity contribution in [1.29, 1.82) is 0 Å². The fraction of sp³-hybridized carbons (Fsp3) is 0. The van der Waals surface area contributed by atoms with Gasteiger partial charge in [0, 0.05) is 0 Å². The van der Waals surface area contributed by atoms with Crippen molar-refractivity contribution in [3.05, 3.63) is 68.4 Å². The van der Waals surface area contributed by atoms with E-state index in [-0.39, 0.29) is 18.8 Å². The Kier molecular flexibility index (Phi) is 2.87. The summed E-state index contributed by atoms with van der Waals surface area (Å²) in [4.78, 5) is 48.0. The van der Waals surface area contributed by atoms with Gasteiger partial charge in [0.1, 0.15) is 18.8 Å². The number of hydrogen-bond donors (Lipinski definition) is 0. The number of aromatic nitrogens is 2. The van der Waals surface area contributed by atoms with E-state index in [1.54, 1.807) is 0 Å². The van der Waals surface area contributed by atoms with E-state index < -0.39 is 22.2 Å². The Morgan fingerprint density at radius 3 is 1.10 bits per heavy atom. The molecule has 3 rings (SSSR count). The molecule has 0 atom stereocenters. The van der Waals surface area contributed by atoms with Crippen molar-refractivity contribution in [3.8, 4) is 0 Å². The molecule has 0 aliphatic carbocycles. The first-order chi connectivity index (χ1) is 9.51. The molecule has 0 amide bonds. The summed E-state index contributed by atoms with van der Waals surface area (Å²) in [5, 5.41) is 0. The molecule has 0 aromatic carbocycles. The summed E-state index contributed by atoms with van der Waals surface area (Å²) in [5.74, 6) is 0. The molecule has 0 aliphatic rings. The Balaban J connectivity index is 2.64. The topological polar surface area (TPSA) is 78.1 Å². The highest BCUT2D eigenvalue weighted by Gasteiger charge is 2.20. The molecule has 6 nitrogen and oxygen atoms in total. The van der Waals surface area contributed by atoms with Crippen molar-refractivity contribution in [1.82, 2.24) is 9.13 Å². The molecule has 0 unspecified atom stereocenters. The third-order valence-corrected chi connectivity index (χ3v) is 5.43. The van der Waals surface area contributed by atoms with Gasteiger partial charge in [-0.2, -0.15) is 0 Å². The maximum absolute atomic E-state index is 12.0. The Bertz CT molecular complexity index is 893. The molecule has 4 radical (unpaired) electrons. The first kappa shape index (κ1) is 13.2. The van der Waals surface area contributed by atoms with Crippen molar-refractivity contribution in [2.75, 3.05) is 0 Å². The lowest BCUT2D eigenvalue weighted by molar-refractivity contribution is 0.933. The third kappa shape index (κ3) is 1.49. The fourth-order valence-corrected chi connectivity index (χ4v) is 4.28. The highest BCUT2D eigenvalue weighted by atomic mass is 32.1. The third-order valence-electron chi connectivity index (χ3n) is 2.84. The van der Waals surface area contributed by atoms with Crippen LogP contribution in [0.4, 0.5) is 0 Å². The van der Waals surface area contributed by atoms with Crippen molar-refractivity contribution in [2.24, 2.45) is 0 Å². The van der Waals surface area contributed by atoms with E-state index in [2.05, 4.69) is 13.8 Å². The fourth-order valence-electron chi connectivity index (χ4n) is 1.91. The summed E-state index contributed by atoms with van der Waals surface area (Å²) in [6, 6.07) is 0. The summed E-state index contributed by atoms with van der Waals surface area (Å²) >= 11 is 1.71. The van der Waals surface area contributed by atoms with Crippen LogP contribution in [0.2, 0.25) is 0 Å². The molecular formula is C12H6N2O4S2. The molecular weight excluding hydrogens is 300 g/mol. The van der Waals surface area contributed by atoms with E-state index in [4.69, 9.17) is 0 Å². The zero-order chi connectivity index (χ0) is 14.6. The molecule has 0 spiro atoms. The van der Waals surface area contributed by atoms with E-state index >= 15 is 0 Å². The van der Waals surface area contributed by atoms with Gasteiger partial charge in [-0.25, -0.2) is 0 Å². The first-order valence-corrected chi connectivity index (χ1v) is 6.99. The lowest BCUT2D eigenvalue weighted by atomic mass is 10.6. The number of rotatable bonds is 2. The smallest absolute Gasteiger partial charge is 0.268 e. The highest BCUT2D eigenvalue weighted by molar-refractivity contribution is 7.36. The van der Waals surface area contributed by atoms with Crippen molar-refractivity contribution < 1.29 is 0 Å². The lowest BCUT2D eigenvalue weighted by Gasteiger charge is -1.87. The van der Waals surface area contributed by atoms with Crippen LogP contribution in [0.15, 0.2) is 19.2 Å². The van der Waals surface area contributed by atoms with Crippen LogP contribution >= 0.6 is 22.7 Å². The maximum Gasteiger partial charge on any atom is 0.272 e. The van der Waals surface area contributed by atoms with Gasteiger partial charge in [0.05, 0.1) is 13.1 Å². The quantitative estimate of drug-likeness (QED) is 0.681. The minimum Gasteiger partial charge on any atom is -0.268 e. The zero-order valence-electron chi connectivity index (χ0n) is 9.91. The van der Waals surface area contributed by atoms with Crippen LogP contribution in [-0.2, 0) is 0 Å². The summed E-state index contributed by atoms with van der Waals surface area (Å²) in [7, 11) is 0. The normalized spacial score (nSPS) is 11.7. The summed E-state index contributed by atoms with van der Waals surface area (Å²) in [5.41, 5.74) is -2.11. The van der Waals surface area contributed by atoms with Crippen molar-refractivity contribution >= 4 is 41.5 Å². The van der Waals surface area contributed by atoms with Gasteiger partial charge in [0.25, 0.3) is 22.2 Å². The highest BCUT2D eigenvalue weighted by Crippen LogP contribution is 2.25.